The van der Waals surface area contributed by atoms with E-state index in [9.17, 15) is 14.9 Å². The molecule has 1 saturated heterocycles. The minimum atomic E-state index is -0.474. The molecule has 1 N–H and O–H groups in total. The van der Waals surface area contributed by atoms with Gasteiger partial charge in [-0.2, -0.15) is 5.26 Å². The van der Waals surface area contributed by atoms with Gasteiger partial charge in [0.2, 0.25) is 0 Å². The first kappa shape index (κ1) is 16.6. The number of benzene rings is 1. The van der Waals surface area contributed by atoms with Gasteiger partial charge in [-0.1, -0.05) is 42.5 Å². The molecule has 3 heterocycles. The maximum absolute atomic E-state index is 12.6. The molecule has 6 nitrogen and oxygen atoms in total. The van der Waals surface area contributed by atoms with Gasteiger partial charge in [-0.05, 0) is 24.1 Å². The minimum absolute atomic E-state index is 0.0535. The second kappa shape index (κ2) is 6.81. The predicted octanol–water partition coefficient (Wildman–Crippen LogP) is 2.99. The highest BCUT2D eigenvalue weighted by Crippen LogP contribution is 2.22. The maximum Gasteiger partial charge on any atom is 0.329 e. The van der Waals surface area contributed by atoms with Crippen molar-refractivity contribution in [3.63, 3.8) is 0 Å². The van der Waals surface area contributed by atoms with Crippen LogP contribution in [0.5, 0.6) is 0 Å². The molecule has 0 saturated carbocycles. The number of rotatable bonds is 4. The fraction of sp³-hybridized carbons (Fsp3) is 0.0952. The van der Waals surface area contributed by atoms with Crippen LogP contribution < -0.4 is 5.32 Å². The Labute approximate surface area is 155 Å². The molecule has 132 valence electrons. The van der Waals surface area contributed by atoms with Crippen LogP contribution in [0.15, 0.2) is 72.7 Å². The number of hydrogen-bond acceptors (Lipinski definition) is 3. The number of imide groups is 1. The third kappa shape index (κ3) is 3.07. The number of fused-ring (bicyclic) bond motifs is 1. The summed E-state index contributed by atoms with van der Waals surface area (Å²) in [5.41, 5.74) is 3.18. The standard InChI is InChI=1S/C21H16N4O2/c22-12-17-16(13-24-11-5-4-8-19(17)24)14-25-20(26)18(23-21(25)27)10-9-15-6-2-1-3-7-15/h1-8,10-11,13H,9,14H2,(H,23,27)/b18-10-. The summed E-state index contributed by atoms with van der Waals surface area (Å²) in [5.74, 6) is -0.380. The zero-order valence-corrected chi connectivity index (χ0v) is 14.4. The molecule has 2 aromatic heterocycles. The summed E-state index contributed by atoms with van der Waals surface area (Å²) in [6.07, 6.45) is 5.88. The number of nitrogens with zero attached hydrogens (tertiary/aromatic N) is 3. The van der Waals surface area contributed by atoms with Gasteiger partial charge in [-0.25, -0.2) is 4.79 Å². The number of nitrogens with one attached hydrogen (secondary N) is 1. The second-order valence-corrected chi connectivity index (χ2v) is 6.26. The van der Waals surface area contributed by atoms with Crippen molar-refractivity contribution in [2.24, 2.45) is 0 Å². The first-order valence-electron chi connectivity index (χ1n) is 8.53. The van der Waals surface area contributed by atoms with Gasteiger partial charge in [0.15, 0.2) is 0 Å². The van der Waals surface area contributed by atoms with Crippen molar-refractivity contribution < 1.29 is 9.59 Å². The number of allylic oxidation sites excluding steroid dienone is 1. The third-order valence-electron chi connectivity index (χ3n) is 4.55. The summed E-state index contributed by atoms with van der Waals surface area (Å²) >= 11 is 0. The first-order valence-corrected chi connectivity index (χ1v) is 8.53. The highest BCUT2D eigenvalue weighted by Gasteiger charge is 2.34. The van der Waals surface area contributed by atoms with Crippen molar-refractivity contribution in [3.05, 3.63) is 89.4 Å². The summed E-state index contributed by atoms with van der Waals surface area (Å²) in [7, 11) is 0. The van der Waals surface area contributed by atoms with Gasteiger partial charge >= 0.3 is 6.03 Å². The molecule has 3 aromatic rings. The summed E-state index contributed by atoms with van der Waals surface area (Å²) in [5, 5.41) is 12.1. The van der Waals surface area contributed by atoms with E-state index in [2.05, 4.69) is 11.4 Å². The number of carbonyl (C=O) groups is 2. The molecule has 0 unspecified atom stereocenters. The van der Waals surface area contributed by atoms with Crippen LogP contribution in [0.3, 0.4) is 0 Å². The summed E-state index contributed by atoms with van der Waals surface area (Å²) in [6.45, 7) is 0.0535. The van der Waals surface area contributed by atoms with Crippen molar-refractivity contribution in [3.8, 4) is 6.07 Å². The largest absolute Gasteiger partial charge is 0.329 e. The Morgan fingerprint density at radius 2 is 1.85 bits per heavy atom. The lowest BCUT2D eigenvalue weighted by Crippen LogP contribution is -2.30. The normalized spacial score (nSPS) is 15.4. The van der Waals surface area contributed by atoms with E-state index in [1.54, 1.807) is 12.3 Å². The van der Waals surface area contributed by atoms with Gasteiger partial charge in [-0.15, -0.1) is 0 Å². The summed E-state index contributed by atoms with van der Waals surface area (Å²) < 4.78 is 1.82. The topological polar surface area (TPSA) is 77.6 Å². The van der Waals surface area contributed by atoms with Crippen LogP contribution in [-0.2, 0) is 17.8 Å². The molecule has 4 rings (SSSR count). The van der Waals surface area contributed by atoms with Gasteiger partial charge in [0.25, 0.3) is 5.91 Å². The number of aromatic nitrogens is 1. The van der Waals surface area contributed by atoms with Crippen molar-refractivity contribution in [1.82, 2.24) is 14.6 Å². The average molecular weight is 356 g/mol. The lowest BCUT2D eigenvalue weighted by atomic mass is 10.1. The Morgan fingerprint density at radius 1 is 1.07 bits per heavy atom. The van der Waals surface area contributed by atoms with Gasteiger partial charge in [-0.3, -0.25) is 9.69 Å². The molecule has 0 atom stereocenters. The quantitative estimate of drug-likeness (QED) is 0.577. The molecule has 1 fully saturated rings. The molecule has 1 aromatic carbocycles. The third-order valence-corrected chi connectivity index (χ3v) is 4.55. The number of amides is 3. The zero-order chi connectivity index (χ0) is 18.8. The molecule has 27 heavy (non-hydrogen) atoms. The van der Waals surface area contributed by atoms with E-state index in [-0.39, 0.29) is 18.1 Å². The van der Waals surface area contributed by atoms with Crippen LogP contribution in [-0.4, -0.2) is 21.2 Å². The zero-order valence-electron chi connectivity index (χ0n) is 14.4. The van der Waals surface area contributed by atoms with Crippen molar-refractivity contribution in [1.29, 1.82) is 5.26 Å². The molecule has 0 spiro atoms. The van der Waals surface area contributed by atoms with E-state index < -0.39 is 6.03 Å². The lowest BCUT2D eigenvalue weighted by Gasteiger charge is -2.10. The molecular weight excluding hydrogens is 340 g/mol. The molecule has 1 aliphatic rings. The van der Waals surface area contributed by atoms with E-state index in [0.29, 0.717) is 17.5 Å². The van der Waals surface area contributed by atoms with Crippen molar-refractivity contribution in [2.45, 2.75) is 13.0 Å². The summed E-state index contributed by atoms with van der Waals surface area (Å²) in [6, 6.07) is 16.9. The van der Waals surface area contributed by atoms with Gasteiger partial charge in [0, 0.05) is 18.0 Å². The first-order chi connectivity index (χ1) is 13.2. The molecule has 0 aliphatic carbocycles. The number of pyridine rings is 1. The van der Waals surface area contributed by atoms with E-state index in [1.807, 2.05) is 59.1 Å². The van der Waals surface area contributed by atoms with Gasteiger partial charge in [0.05, 0.1) is 17.6 Å². The Morgan fingerprint density at radius 3 is 2.63 bits per heavy atom. The van der Waals surface area contributed by atoms with Crippen molar-refractivity contribution >= 4 is 17.5 Å². The van der Waals surface area contributed by atoms with Crippen LogP contribution >= 0.6 is 0 Å². The van der Waals surface area contributed by atoms with Crippen LogP contribution in [0.1, 0.15) is 16.7 Å². The minimum Gasteiger partial charge on any atom is -0.322 e. The van der Waals surface area contributed by atoms with Gasteiger partial charge < -0.3 is 9.72 Å². The number of nitriles is 1. The maximum atomic E-state index is 12.6. The average Bonchev–Trinajstić information content (AvgIpc) is 3.18. The van der Waals surface area contributed by atoms with Crippen LogP contribution in [0.2, 0.25) is 0 Å². The second-order valence-electron chi connectivity index (χ2n) is 6.26. The lowest BCUT2D eigenvalue weighted by molar-refractivity contribution is -0.123. The molecule has 1 aliphatic heterocycles. The van der Waals surface area contributed by atoms with E-state index >= 15 is 0 Å². The Balaban J connectivity index is 1.57. The number of urea groups is 1. The fourth-order valence-corrected chi connectivity index (χ4v) is 3.19. The smallest absolute Gasteiger partial charge is 0.322 e. The fourth-order valence-electron chi connectivity index (χ4n) is 3.19. The molecule has 6 heteroatoms. The highest BCUT2D eigenvalue weighted by molar-refractivity contribution is 6.11. The SMILES string of the molecule is N#Cc1c(CN2C(=O)N/C(=C\Cc3ccccc3)C2=O)cn2ccccc12. The monoisotopic (exact) mass is 356 g/mol. The van der Waals surface area contributed by atoms with Gasteiger partial charge in [0.1, 0.15) is 11.8 Å². The van der Waals surface area contributed by atoms with Crippen molar-refractivity contribution in [2.75, 3.05) is 0 Å². The Bertz CT molecular complexity index is 1110. The Hall–Kier alpha value is -3.85. The molecule has 3 amide bonds. The predicted molar refractivity (Wildman–Crippen MR) is 99.4 cm³/mol. The van der Waals surface area contributed by atoms with E-state index in [4.69, 9.17) is 0 Å². The van der Waals surface area contributed by atoms with E-state index in [1.165, 1.54) is 0 Å². The number of hydrogen-bond donors (Lipinski definition) is 1. The van der Waals surface area contributed by atoms with Crippen LogP contribution in [0, 0.1) is 11.3 Å². The highest BCUT2D eigenvalue weighted by atomic mass is 16.2. The number of carbonyl (C=O) groups excluding carboxylic acids is 2. The van der Waals surface area contributed by atoms with E-state index in [0.717, 1.165) is 16.0 Å². The Kier molecular flexibility index (Phi) is 4.19. The van der Waals surface area contributed by atoms with Crippen LogP contribution in [0.4, 0.5) is 4.79 Å². The van der Waals surface area contributed by atoms with Crippen LogP contribution in [0.25, 0.3) is 5.52 Å². The molecule has 0 radical (unpaired) electrons. The summed E-state index contributed by atoms with van der Waals surface area (Å²) in [4.78, 5) is 26.1. The molecule has 0 bridgehead atoms. The molecular formula is C21H16N4O2.